The number of aryl methyl sites for hydroxylation is 1. The monoisotopic (exact) mass is 573 g/mol. The van der Waals surface area contributed by atoms with Gasteiger partial charge < -0.3 is 19.7 Å². The van der Waals surface area contributed by atoms with Crippen LogP contribution in [0.2, 0.25) is 0 Å². The molecular weight excluding hydrogens is 537 g/mol. The lowest BCUT2D eigenvalue weighted by molar-refractivity contribution is 0.370. The van der Waals surface area contributed by atoms with Crippen LogP contribution in [-0.4, -0.2) is 81.1 Å². The maximum absolute atomic E-state index is 4.89. The van der Waals surface area contributed by atoms with E-state index in [0.29, 0.717) is 5.92 Å². The largest absolute Gasteiger partial charge is 0.357 e. The van der Waals surface area contributed by atoms with Crippen LogP contribution in [0.5, 0.6) is 0 Å². The van der Waals surface area contributed by atoms with Gasteiger partial charge in [0.15, 0.2) is 11.1 Å². The summed E-state index contributed by atoms with van der Waals surface area (Å²) in [6.07, 6.45) is 7.50. The molecule has 0 aliphatic carbocycles. The second-order valence-electron chi connectivity index (χ2n) is 7.97. The number of nitrogens with one attached hydrogen (secondary N) is 1. The summed E-state index contributed by atoms with van der Waals surface area (Å²) < 4.78 is 2.26. The molecule has 178 valence electrons. The van der Waals surface area contributed by atoms with Gasteiger partial charge >= 0.3 is 0 Å². The van der Waals surface area contributed by atoms with Gasteiger partial charge in [-0.2, -0.15) is 0 Å². The molecule has 0 bridgehead atoms. The Morgan fingerprint density at radius 2 is 1.88 bits per heavy atom. The van der Waals surface area contributed by atoms with E-state index in [-0.39, 0.29) is 24.0 Å². The van der Waals surface area contributed by atoms with Gasteiger partial charge in [-0.05, 0) is 31.6 Å². The molecule has 9 nitrogen and oxygen atoms in total. The fraction of sp³-hybridized carbons (Fsp3) is 0.667. The molecule has 11 heteroatoms. The van der Waals surface area contributed by atoms with Crippen molar-refractivity contribution in [1.29, 1.82) is 0 Å². The molecule has 0 spiro atoms. The van der Waals surface area contributed by atoms with Gasteiger partial charge in [0.2, 0.25) is 5.95 Å². The molecular formula is C21H36IN9S. The number of halogens is 1. The Bertz CT molecular complexity index is 820. The van der Waals surface area contributed by atoms with Crippen molar-refractivity contribution < 1.29 is 0 Å². The van der Waals surface area contributed by atoms with Gasteiger partial charge in [0.05, 0.1) is 0 Å². The van der Waals surface area contributed by atoms with Crippen LogP contribution in [0.25, 0.3) is 0 Å². The van der Waals surface area contributed by atoms with Gasteiger partial charge in [0.25, 0.3) is 0 Å². The van der Waals surface area contributed by atoms with E-state index in [1.807, 2.05) is 6.07 Å². The zero-order chi connectivity index (χ0) is 22.1. The van der Waals surface area contributed by atoms with Crippen LogP contribution in [0, 0.1) is 5.92 Å². The zero-order valence-corrected chi connectivity index (χ0v) is 22.7. The van der Waals surface area contributed by atoms with Gasteiger partial charge in [-0.15, -0.1) is 34.2 Å². The zero-order valence-electron chi connectivity index (χ0n) is 19.6. The molecule has 1 N–H and O–H groups in total. The van der Waals surface area contributed by atoms with Crippen molar-refractivity contribution >= 4 is 47.6 Å². The molecule has 0 atom stereocenters. The van der Waals surface area contributed by atoms with E-state index in [0.717, 1.165) is 81.5 Å². The van der Waals surface area contributed by atoms with Crippen molar-refractivity contribution in [1.82, 2.24) is 34.9 Å². The summed E-state index contributed by atoms with van der Waals surface area (Å²) in [6.45, 7) is 12.8. The van der Waals surface area contributed by atoms with Crippen LogP contribution in [0.15, 0.2) is 28.6 Å². The molecule has 1 saturated heterocycles. The van der Waals surface area contributed by atoms with E-state index in [4.69, 9.17) is 4.99 Å². The predicted octanol–water partition coefficient (Wildman–Crippen LogP) is 2.78. The number of nitrogens with zero attached hydrogens (tertiary/aromatic N) is 8. The Morgan fingerprint density at radius 3 is 2.50 bits per heavy atom. The first-order valence-corrected chi connectivity index (χ1v) is 12.4. The Kier molecular flexibility index (Phi) is 11.5. The number of aliphatic imine (C=N–C) groups is 1. The first-order chi connectivity index (χ1) is 15.1. The lowest BCUT2D eigenvalue weighted by atomic mass is 10.2. The van der Waals surface area contributed by atoms with E-state index in [1.54, 1.807) is 24.2 Å². The van der Waals surface area contributed by atoms with Crippen LogP contribution in [0.1, 0.15) is 33.0 Å². The number of thioether (sulfide) groups is 1. The summed E-state index contributed by atoms with van der Waals surface area (Å²) in [4.78, 5) is 18.2. The van der Waals surface area contributed by atoms with Gasteiger partial charge in [-0.3, -0.25) is 4.99 Å². The first-order valence-electron chi connectivity index (χ1n) is 11.1. The van der Waals surface area contributed by atoms with Crippen molar-refractivity contribution in [2.24, 2.45) is 10.9 Å². The summed E-state index contributed by atoms with van der Waals surface area (Å²) in [6, 6.07) is 1.85. The number of anilines is 1. The van der Waals surface area contributed by atoms with Crippen LogP contribution in [0.4, 0.5) is 5.95 Å². The molecule has 0 radical (unpaired) electrons. The number of rotatable bonds is 9. The van der Waals surface area contributed by atoms with E-state index in [9.17, 15) is 0 Å². The van der Waals surface area contributed by atoms with Gasteiger partial charge in [0.1, 0.15) is 5.82 Å². The second kappa shape index (κ2) is 13.8. The molecule has 2 aromatic heterocycles. The highest BCUT2D eigenvalue weighted by atomic mass is 127. The number of hydrogen-bond acceptors (Lipinski definition) is 7. The van der Waals surface area contributed by atoms with Gasteiger partial charge in [-0.1, -0.05) is 25.6 Å². The van der Waals surface area contributed by atoms with Crippen LogP contribution in [-0.2, 0) is 13.0 Å². The average molecular weight is 574 g/mol. The van der Waals surface area contributed by atoms with E-state index in [2.05, 4.69) is 66.9 Å². The number of aromatic nitrogens is 5. The first kappa shape index (κ1) is 26.6. The van der Waals surface area contributed by atoms with E-state index < -0.39 is 0 Å². The van der Waals surface area contributed by atoms with Crippen molar-refractivity contribution in [2.75, 3.05) is 50.4 Å². The molecule has 0 unspecified atom stereocenters. The SMILES string of the molecule is CCNC(=NCCCc1nnc(SC)n1CC(C)C)N1CCN(c2ncccn2)CC1.I. The molecule has 1 fully saturated rings. The highest BCUT2D eigenvalue weighted by molar-refractivity contribution is 14.0. The van der Waals surface area contributed by atoms with Crippen LogP contribution >= 0.6 is 35.7 Å². The quantitative estimate of drug-likeness (QED) is 0.161. The smallest absolute Gasteiger partial charge is 0.225 e. The number of piperazine rings is 1. The Morgan fingerprint density at radius 1 is 1.16 bits per heavy atom. The molecule has 32 heavy (non-hydrogen) atoms. The number of hydrogen-bond donors (Lipinski definition) is 1. The van der Waals surface area contributed by atoms with E-state index in [1.165, 1.54) is 0 Å². The van der Waals surface area contributed by atoms with Crippen LogP contribution < -0.4 is 10.2 Å². The molecule has 0 saturated carbocycles. The van der Waals surface area contributed by atoms with Crippen molar-refractivity contribution in [3.8, 4) is 0 Å². The minimum absolute atomic E-state index is 0. The highest BCUT2D eigenvalue weighted by Gasteiger charge is 2.21. The maximum Gasteiger partial charge on any atom is 0.225 e. The van der Waals surface area contributed by atoms with E-state index >= 15 is 0 Å². The minimum atomic E-state index is 0. The Balaban J connectivity index is 0.00000363. The number of guanidine groups is 1. The fourth-order valence-corrected chi connectivity index (χ4v) is 4.15. The topological polar surface area (TPSA) is 87.4 Å². The predicted molar refractivity (Wildman–Crippen MR) is 142 cm³/mol. The normalized spacial score (nSPS) is 14.6. The molecule has 3 heterocycles. The third-order valence-electron chi connectivity index (χ3n) is 5.09. The summed E-state index contributed by atoms with van der Waals surface area (Å²) in [5, 5.41) is 13.2. The minimum Gasteiger partial charge on any atom is -0.357 e. The van der Waals surface area contributed by atoms with Gasteiger partial charge in [0, 0.05) is 64.6 Å². The highest BCUT2D eigenvalue weighted by Crippen LogP contribution is 2.17. The summed E-state index contributed by atoms with van der Waals surface area (Å²) in [5.41, 5.74) is 0. The fourth-order valence-electron chi connectivity index (χ4n) is 3.62. The third-order valence-corrected chi connectivity index (χ3v) is 5.76. The molecule has 0 amide bonds. The third kappa shape index (κ3) is 7.46. The molecule has 3 rings (SSSR count). The summed E-state index contributed by atoms with van der Waals surface area (Å²) in [7, 11) is 0. The molecule has 1 aliphatic heterocycles. The molecule has 2 aromatic rings. The second-order valence-corrected chi connectivity index (χ2v) is 8.74. The van der Waals surface area contributed by atoms with Gasteiger partial charge in [-0.25, -0.2) is 9.97 Å². The molecule has 1 aliphatic rings. The van der Waals surface area contributed by atoms with Crippen molar-refractivity contribution in [3.63, 3.8) is 0 Å². The molecule has 0 aromatic carbocycles. The Hall–Kier alpha value is -1.63. The Labute approximate surface area is 212 Å². The van der Waals surface area contributed by atoms with Crippen LogP contribution in [0.3, 0.4) is 0 Å². The maximum atomic E-state index is 4.89. The summed E-state index contributed by atoms with van der Waals surface area (Å²) >= 11 is 1.66. The van der Waals surface area contributed by atoms with Crippen molar-refractivity contribution in [2.45, 2.75) is 45.3 Å². The standard InChI is InChI=1S/C21H35N9S.HI/c1-5-22-19(28-12-14-29(15-13-28)20-24-10-7-11-25-20)23-9-6-8-18-26-27-21(31-4)30(18)16-17(2)3;/h7,10-11,17H,5-6,8-9,12-16H2,1-4H3,(H,22,23);1H. The summed E-state index contributed by atoms with van der Waals surface area (Å²) in [5.74, 6) is 3.43. The lowest BCUT2D eigenvalue weighted by Crippen LogP contribution is -2.53. The average Bonchev–Trinajstić information content (AvgIpc) is 3.17. The lowest BCUT2D eigenvalue weighted by Gasteiger charge is -2.36. The van der Waals surface area contributed by atoms with Crippen molar-refractivity contribution in [3.05, 3.63) is 24.3 Å².